The number of alkyl halides is 1. The molecule has 0 aliphatic carbocycles. The number of ether oxygens (including phenoxy) is 1. The van der Waals surface area contributed by atoms with Crippen molar-refractivity contribution < 1.29 is 4.74 Å². The number of rotatable bonds is 5. The molecule has 1 atom stereocenters. The lowest BCUT2D eigenvalue weighted by Crippen LogP contribution is -1.99. The average molecular weight is 368 g/mol. The maximum Gasteiger partial charge on any atom is 0.133 e. The van der Waals surface area contributed by atoms with Crippen LogP contribution in [0, 0.1) is 13.8 Å². The molecular weight excluding hydrogens is 348 g/mol. The van der Waals surface area contributed by atoms with E-state index in [0.717, 1.165) is 34.4 Å². The Morgan fingerprint density at radius 1 is 1.14 bits per heavy atom. The van der Waals surface area contributed by atoms with Crippen LogP contribution in [-0.4, -0.2) is 6.61 Å². The van der Waals surface area contributed by atoms with E-state index in [-0.39, 0.29) is 5.38 Å². The van der Waals surface area contributed by atoms with Gasteiger partial charge >= 0.3 is 0 Å². The molecule has 0 aliphatic heterocycles. The first-order valence-corrected chi connectivity index (χ1v) is 8.39. The van der Waals surface area contributed by atoms with Crippen LogP contribution >= 0.6 is 27.5 Å². The second-order valence-corrected chi connectivity index (χ2v) is 6.55. The molecule has 2 aromatic carbocycles. The summed E-state index contributed by atoms with van der Waals surface area (Å²) in [6, 6.07) is 12.4. The zero-order valence-corrected chi connectivity index (χ0v) is 15.0. The van der Waals surface area contributed by atoms with Gasteiger partial charge in [0.15, 0.2) is 0 Å². The molecule has 0 fully saturated rings. The maximum absolute atomic E-state index is 6.66. The zero-order valence-electron chi connectivity index (χ0n) is 12.6. The molecule has 112 valence electrons. The molecule has 0 aliphatic rings. The predicted octanol–water partition coefficient (Wildman–Crippen LogP) is 6.18. The second kappa shape index (κ2) is 7.33. The van der Waals surface area contributed by atoms with E-state index in [1.165, 1.54) is 11.1 Å². The van der Waals surface area contributed by atoms with Crippen molar-refractivity contribution in [2.75, 3.05) is 6.61 Å². The lowest BCUT2D eigenvalue weighted by atomic mass is 9.98. The quantitative estimate of drug-likeness (QED) is 0.573. The van der Waals surface area contributed by atoms with E-state index in [1.54, 1.807) is 0 Å². The van der Waals surface area contributed by atoms with Gasteiger partial charge in [0.25, 0.3) is 0 Å². The van der Waals surface area contributed by atoms with Gasteiger partial charge in [-0.3, -0.25) is 0 Å². The summed E-state index contributed by atoms with van der Waals surface area (Å²) in [5.74, 6) is 0.866. The Bertz CT molecular complexity index is 625. The minimum absolute atomic E-state index is 0.151. The van der Waals surface area contributed by atoms with Crippen molar-refractivity contribution in [1.82, 2.24) is 0 Å². The largest absolute Gasteiger partial charge is 0.492 e. The summed E-state index contributed by atoms with van der Waals surface area (Å²) in [4.78, 5) is 0. The molecule has 2 rings (SSSR count). The first-order chi connectivity index (χ1) is 10.0. The summed E-state index contributed by atoms with van der Waals surface area (Å²) in [6.07, 6.45) is 0.995. The minimum Gasteiger partial charge on any atom is -0.492 e. The Kier molecular flexibility index (Phi) is 5.72. The van der Waals surface area contributed by atoms with Gasteiger partial charge in [-0.05, 0) is 65.0 Å². The molecule has 2 aromatic rings. The minimum atomic E-state index is -0.151. The molecule has 0 heterocycles. The molecule has 1 nitrogen and oxygen atoms in total. The zero-order chi connectivity index (χ0) is 15.4. The second-order valence-electron chi connectivity index (χ2n) is 5.26. The van der Waals surface area contributed by atoms with Crippen molar-refractivity contribution in [3.63, 3.8) is 0 Å². The Balaban J connectivity index is 2.27. The van der Waals surface area contributed by atoms with Crippen molar-refractivity contribution >= 4 is 27.5 Å². The van der Waals surface area contributed by atoms with Crippen LogP contribution in [0.2, 0.25) is 0 Å². The summed E-state index contributed by atoms with van der Waals surface area (Å²) in [6.45, 7) is 7.01. The fourth-order valence-electron chi connectivity index (χ4n) is 2.29. The summed E-state index contributed by atoms with van der Waals surface area (Å²) in [7, 11) is 0. The third kappa shape index (κ3) is 4.02. The van der Waals surface area contributed by atoms with Gasteiger partial charge in [0.05, 0.1) is 16.5 Å². The predicted molar refractivity (Wildman–Crippen MR) is 93.5 cm³/mol. The normalized spacial score (nSPS) is 12.2. The molecule has 21 heavy (non-hydrogen) atoms. The fourth-order valence-corrected chi connectivity index (χ4v) is 3.18. The Morgan fingerprint density at radius 3 is 2.52 bits per heavy atom. The number of hydrogen-bond donors (Lipinski definition) is 0. The molecule has 0 radical (unpaired) electrons. The summed E-state index contributed by atoms with van der Waals surface area (Å²) in [5.41, 5.74) is 4.69. The molecular formula is C18H20BrClO. The standard InChI is InChI=1S/C18H20BrClO/c1-4-9-21-17-8-6-14(11-16(17)19)18(20)15-7-5-12(2)10-13(15)3/h5-8,10-11,18H,4,9H2,1-3H3. The summed E-state index contributed by atoms with van der Waals surface area (Å²) in [5, 5.41) is -0.151. The van der Waals surface area contributed by atoms with Crippen molar-refractivity contribution in [1.29, 1.82) is 0 Å². The van der Waals surface area contributed by atoms with Gasteiger partial charge < -0.3 is 4.74 Å². The Labute approximate surface area is 140 Å². The van der Waals surface area contributed by atoms with Gasteiger partial charge in [-0.2, -0.15) is 0 Å². The summed E-state index contributed by atoms with van der Waals surface area (Å²) >= 11 is 10.2. The molecule has 0 saturated carbocycles. The summed E-state index contributed by atoms with van der Waals surface area (Å²) < 4.78 is 6.62. The van der Waals surface area contributed by atoms with Crippen LogP contribution < -0.4 is 4.74 Å². The highest BCUT2D eigenvalue weighted by atomic mass is 79.9. The lowest BCUT2D eigenvalue weighted by Gasteiger charge is -2.15. The lowest BCUT2D eigenvalue weighted by molar-refractivity contribution is 0.315. The van der Waals surface area contributed by atoms with Gasteiger partial charge in [-0.15, -0.1) is 11.6 Å². The van der Waals surface area contributed by atoms with Crippen molar-refractivity contribution in [2.45, 2.75) is 32.6 Å². The van der Waals surface area contributed by atoms with E-state index >= 15 is 0 Å². The SMILES string of the molecule is CCCOc1ccc(C(Cl)c2ccc(C)cc2C)cc1Br. The molecule has 3 heteroatoms. The van der Waals surface area contributed by atoms with E-state index in [0.29, 0.717) is 0 Å². The maximum atomic E-state index is 6.66. The monoisotopic (exact) mass is 366 g/mol. The Morgan fingerprint density at radius 2 is 1.90 bits per heavy atom. The van der Waals surface area contributed by atoms with Gasteiger partial charge in [-0.25, -0.2) is 0 Å². The fraction of sp³-hybridized carbons (Fsp3) is 0.333. The van der Waals surface area contributed by atoms with Gasteiger partial charge in [0.2, 0.25) is 0 Å². The third-order valence-electron chi connectivity index (χ3n) is 3.41. The molecule has 0 amide bonds. The first-order valence-electron chi connectivity index (χ1n) is 7.16. The van der Waals surface area contributed by atoms with Crippen molar-refractivity contribution in [3.8, 4) is 5.75 Å². The van der Waals surface area contributed by atoms with Gasteiger partial charge in [0.1, 0.15) is 5.75 Å². The van der Waals surface area contributed by atoms with Crippen molar-refractivity contribution in [3.05, 3.63) is 63.1 Å². The van der Waals surface area contributed by atoms with Crippen LogP contribution in [0.5, 0.6) is 5.75 Å². The number of halogens is 2. The smallest absolute Gasteiger partial charge is 0.133 e. The third-order valence-corrected chi connectivity index (χ3v) is 4.52. The van der Waals surface area contributed by atoms with E-state index in [4.69, 9.17) is 16.3 Å². The molecule has 0 aromatic heterocycles. The van der Waals surface area contributed by atoms with Crippen LogP contribution in [0.3, 0.4) is 0 Å². The average Bonchev–Trinajstić information content (AvgIpc) is 2.45. The van der Waals surface area contributed by atoms with Crippen molar-refractivity contribution in [2.24, 2.45) is 0 Å². The molecule has 0 bridgehead atoms. The van der Waals surface area contributed by atoms with E-state index in [1.807, 2.05) is 18.2 Å². The van der Waals surface area contributed by atoms with Gasteiger partial charge in [-0.1, -0.05) is 36.8 Å². The molecule has 0 saturated heterocycles. The van der Waals surface area contributed by atoms with E-state index < -0.39 is 0 Å². The topological polar surface area (TPSA) is 9.23 Å². The number of hydrogen-bond acceptors (Lipinski definition) is 1. The van der Waals surface area contributed by atoms with Crippen LogP contribution in [0.15, 0.2) is 40.9 Å². The molecule has 1 unspecified atom stereocenters. The van der Waals surface area contributed by atoms with E-state index in [9.17, 15) is 0 Å². The van der Waals surface area contributed by atoms with Gasteiger partial charge in [0, 0.05) is 0 Å². The highest BCUT2D eigenvalue weighted by molar-refractivity contribution is 9.10. The van der Waals surface area contributed by atoms with Crippen LogP contribution in [0.4, 0.5) is 0 Å². The number of benzene rings is 2. The first kappa shape index (κ1) is 16.4. The highest BCUT2D eigenvalue weighted by Gasteiger charge is 2.15. The molecule has 0 spiro atoms. The highest BCUT2D eigenvalue weighted by Crippen LogP contribution is 2.35. The van der Waals surface area contributed by atoms with Crippen LogP contribution in [0.1, 0.15) is 41.0 Å². The number of aryl methyl sites for hydroxylation is 2. The van der Waals surface area contributed by atoms with Crippen LogP contribution in [0.25, 0.3) is 0 Å². The van der Waals surface area contributed by atoms with Crippen LogP contribution in [-0.2, 0) is 0 Å². The molecule has 0 N–H and O–H groups in total. The van der Waals surface area contributed by atoms with E-state index in [2.05, 4.69) is 54.9 Å². The Hall–Kier alpha value is -0.990.